The molecule has 0 fully saturated rings. The molecule has 1 atom stereocenters. The third-order valence-electron chi connectivity index (χ3n) is 7.13. The molecule has 1 amide bonds. The summed E-state index contributed by atoms with van der Waals surface area (Å²) in [6, 6.07) is 5.10. The molecule has 6 heteroatoms. The highest BCUT2D eigenvalue weighted by Crippen LogP contribution is 2.47. The summed E-state index contributed by atoms with van der Waals surface area (Å²) in [5.74, 6) is -2.01. The SMILES string of the molecule is CC(C)CC(NC(=O)C(C)(C)CC(C)(C)C(C)(C)/C=C\CC(C)(C)C)C(=O)Oc1ccccc1C(=O)O. The number of allylic oxidation sites excluding steroid dienone is 2. The third kappa shape index (κ3) is 9.98. The van der Waals surface area contributed by atoms with E-state index in [1.807, 2.05) is 27.7 Å². The number of hydrogen-bond acceptors (Lipinski definition) is 4. The summed E-state index contributed by atoms with van der Waals surface area (Å²) in [6.07, 6.45) is 6.44. The molecule has 0 bridgehead atoms. The van der Waals surface area contributed by atoms with E-state index in [0.29, 0.717) is 12.8 Å². The average Bonchev–Trinajstić information content (AvgIpc) is 2.71. The molecule has 0 saturated carbocycles. The van der Waals surface area contributed by atoms with Gasteiger partial charge < -0.3 is 15.2 Å². The lowest BCUT2D eigenvalue weighted by Crippen LogP contribution is -2.50. The molecule has 0 saturated heterocycles. The van der Waals surface area contributed by atoms with Crippen molar-refractivity contribution in [1.29, 1.82) is 0 Å². The molecule has 37 heavy (non-hydrogen) atoms. The molecule has 208 valence electrons. The van der Waals surface area contributed by atoms with Crippen LogP contribution in [0.1, 0.15) is 106 Å². The van der Waals surface area contributed by atoms with Crippen LogP contribution in [-0.2, 0) is 9.59 Å². The number of aromatic carboxylic acids is 1. The van der Waals surface area contributed by atoms with Gasteiger partial charge in [0, 0.05) is 5.41 Å². The summed E-state index contributed by atoms with van der Waals surface area (Å²) in [5, 5.41) is 12.3. The standard InChI is InChI=1S/C31H49NO5/c1-21(2)19-23(26(35)37-24-16-13-12-15-22(24)25(33)34)32-27(36)29(6,7)20-31(10,11)30(8,9)18-14-17-28(3,4)5/h12-16,18,21,23H,17,19-20H2,1-11H3,(H,32,36)(H,33,34)/b18-14-. The maximum atomic E-state index is 13.5. The Bertz CT molecular complexity index is 980. The lowest BCUT2D eigenvalue weighted by Gasteiger charge is -2.44. The van der Waals surface area contributed by atoms with Crippen molar-refractivity contribution < 1.29 is 24.2 Å². The lowest BCUT2D eigenvalue weighted by atomic mass is 9.61. The Balaban J connectivity index is 3.08. The number of esters is 1. The Morgan fingerprint density at radius 3 is 2.05 bits per heavy atom. The van der Waals surface area contributed by atoms with Crippen LogP contribution >= 0.6 is 0 Å². The maximum Gasteiger partial charge on any atom is 0.339 e. The Hall–Kier alpha value is -2.63. The quantitative estimate of drug-likeness (QED) is 0.173. The molecule has 0 heterocycles. The molecular weight excluding hydrogens is 466 g/mol. The fourth-order valence-electron chi connectivity index (χ4n) is 4.30. The number of para-hydroxylation sites is 1. The first kappa shape index (κ1) is 32.4. The molecule has 1 aromatic rings. The lowest BCUT2D eigenvalue weighted by molar-refractivity contribution is -0.142. The fraction of sp³-hybridized carbons (Fsp3) is 0.645. The van der Waals surface area contributed by atoms with Crippen molar-refractivity contribution in [2.24, 2.45) is 27.6 Å². The van der Waals surface area contributed by atoms with Gasteiger partial charge in [-0.25, -0.2) is 9.59 Å². The van der Waals surface area contributed by atoms with Gasteiger partial charge in [-0.2, -0.15) is 0 Å². The third-order valence-corrected chi connectivity index (χ3v) is 7.13. The number of rotatable bonds is 12. The van der Waals surface area contributed by atoms with Gasteiger partial charge in [-0.15, -0.1) is 0 Å². The molecule has 2 N–H and O–H groups in total. The van der Waals surface area contributed by atoms with Gasteiger partial charge in [-0.3, -0.25) is 4.79 Å². The summed E-state index contributed by atoms with van der Waals surface area (Å²) in [7, 11) is 0. The second-order valence-corrected chi connectivity index (χ2v) is 13.7. The monoisotopic (exact) mass is 515 g/mol. The zero-order valence-electron chi connectivity index (χ0n) is 24.8. The van der Waals surface area contributed by atoms with E-state index in [9.17, 15) is 19.5 Å². The molecule has 0 aliphatic rings. The van der Waals surface area contributed by atoms with Gasteiger partial charge in [-0.1, -0.05) is 100 Å². The van der Waals surface area contributed by atoms with E-state index in [2.05, 4.69) is 65.9 Å². The van der Waals surface area contributed by atoms with Crippen molar-refractivity contribution in [3.63, 3.8) is 0 Å². The van der Waals surface area contributed by atoms with E-state index in [1.165, 1.54) is 12.1 Å². The number of amides is 1. The van der Waals surface area contributed by atoms with Crippen LogP contribution in [0, 0.1) is 27.6 Å². The molecule has 0 spiro atoms. The van der Waals surface area contributed by atoms with Crippen LogP contribution in [0.15, 0.2) is 36.4 Å². The predicted molar refractivity (Wildman–Crippen MR) is 150 cm³/mol. The Morgan fingerprint density at radius 1 is 0.973 bits per heavy atom. The van der Waals surface area contributed by atoms with E-state index >= 15 is 0 Å². The summed E-state index contributed by atoms with van der Waals surface area (Å²) >= 11 is 0. The number of carboxylic acid groups (broad SMARTS) is 1. The number of hydrogen-bond donors (Lipinski definition) is 2. The van der Waals surface area contributed by atoms with Gasteiger partial charge in [0.2, 0.25) is 5.91 Å². The summed E-state index contributed by atoms with van der Waals surface area (Å²) < 4.78 is 5.47. The van der Waals surface area contributed by atoms with E-state index < -0.39 is 23.4 Å². The van der Waals surface area contributed by atoms with E-state index in [4.69, 9.17) is 4.74 Å². The van der Waals surface area contributed by atoms with Crippen LogP contribution in [0.2, 0.25) is 0 Å². The maximum absolute atomic E-state index is 13.5. The van der Waals surface area contributed by atoms with Crippen LogP contribution in [0.5, 0.6) is 5.75 Å². The van der Waals surface area contributed by atoms with E-state index in [0.717, 1.165) is 6.42 Å². The van der Waals surface area contributed by atoms with Gasteiger partial charge >= 0.3 is 11.9 Å². The molecule has 1 unspecified atom stereocenters. The summed E-state index contributed by atoms with van der Waals surface area (Å²) in [5.41, 5.74) is -1.02. The zero-order valence-corrected chi connectivity index (χ0v) is 24.8. The molecule has 1 rings (SSSR count). The number of carboxylic acids is 1. The molecule has 0 aliphatic carbocycles. The van der Waals surface area contributed by atoms with Crippen molar-refractivity contribution in [2.75, 3.05) is 0 Å². The zero-order chi connectivity index (χ0) is 28.8. The van der Waals surface area contributed by atoms with Crippen LogP contribution < -0.4 is 10.1 Å². The minimum absolute atomic E-state index is 0.0350. The Kier molecular flexibility index (Phi) is 10.7. The van der Waals surface area contributed by atoms with Gasteiger partial charge in [0.1, 0.15) is 17.4 Å². The smallest absolute Gasteiger partial charge is 0.339 e. The fourth-order valence-corrected chi connectivity index (χ4v) is 4.30. The molecule has 0 aromatic heterocycles. The second kappa shape index (κ2) is 12.3. The summed E-state index contributed by atoms with van der Waals surface area (Å²) in [6.45, 7) is 23.1. The van der Waals surface area contributed by atoms with E-state index in [-0.39, 0.29) is 39.4 Å². The van der Waals surface area contributed by atoms with Gasteiger partial charge in [-0.05, 0) is 53.6 Å². The van der Waals surface area contributed by atoms with Gasteiger partial charge in [0.05, 0.1) is 0 Å². The minimum atomic E-state index is -1.18. The average molecular weight is 516 g/mol. The highest BCUT2D eigenvalue weighted by atomic mass is 16.5. The topological polar surface area (TPSA) is 92.7 Å². The van der Waals surface area contributed by atoms with Crippen molar-refractivity contribution in [3.05, 3.63) is 42.0 Å². The van der Waals surface area contributed by atoms with Crippen molar-refractivity contribution >= 4 is 17.8 Å². The predicted octanol–water partition coefficient (Wildman–Crippen LogP) is 7.28. The first-order valence-corrected chi connectivity index (χ1v) is 13.2. The normalized spacial score (nSPS) is 14.1. The number of ether oxygens (including phenoxy) is 1. The van der Waals surface area contributed by atoms with Crippen molar-refractivity contribution in [3.8, 4) is 5.75 Å². The van der Waals surface area contributed by atoms with Gasteiger partial charge in [0.15, 0.2) is 0 Å². The Morgan fingerprint density at radius 2 is 1.54 bits per heavy atom. The molecule has 1 aromatic carbocycles. The Labute approximate surface area is 224 Å². The first-order chi connectivity index (χ1) is 16.7. The van der Waals surface area contributed by atoms with Crippen molar-refractivity contribution in [2.45, 2.75) is 101 Å². The van der Waals surface area contributed by atoms with Crippen molar-refractivity contribution in [1.82, 2.24) is 5.32 Å². The molecular formula is C31H49NO5. The largest absolute Gasteiger partial charge is 0.478 e. The first-order valence-electron chi connectivity index (χ1n) is 13.2. The van der Waals surface area contributed by atoms with Crippen LogP contribution in [0.3, 0.4) is 0 Å². The van der Waals surface area contributed by atoms with Gasteiger partial charge in [0.25, 0.3) is 0 Å². The van der Waals surface area contributed by atoms with E-state index in [1.54, 1.807) is 12.1 Å². The molecule has 0 radical (unpaired) electrons. The number of benzene rings is 1. The molecule has 0 aliphatic heterocycles. The molecule has 6 nitrogen and oxygen atoms in total. The summed E-state index contributed by atoms with van der Waals surface area (Å²) in [4.78, 5) is 38.1. The van der Waals surface area contributed by atoms with Crippen LogP contribution in [-0.4, -0.2) is 29.0 Å². The highest BCUT2D eigenvalue weighted by Gasteiger charge is 2.43. The van der Waals surface area contributed by atoms with Crippen LogP contribution in [0.4, 0.5) is 0 Å². The second-order valence-electron chi connectivity index (χ2n) is 13.7. The number of carbonyl (C=O) groups excluding carboxylic acids is 2. The highest BCUT2D eigenvalue weighted by molar-refractivity contribution is 5.93. The van der Waals surface area contributed by atoms with Crippen LogP contribution in [0.25, 0.3) is 0 Å². The minimum Gasteiger partial charge on any atom is -0.478 e. The number of carbonyl (C=O) groups is 3. The number of nitrogens with one attached hydrogen (secondary N) is 1.